The quantitative estimate of drug-likeness (QED) is 0.635. The summed E-state index contributed by atoms with van der Waals surface area (Å²) in [5, 5.41) is 4.29. The van der Waals surface area contributed by atoms with Gasteiger partial charge in [-0.2, -0.15) is 5.10 Å². The maximum absolute atomic E-state index is 12.1. The molecular weight excluding hydrogens is 254 g/mol. The SMILES string of the molecule is [C-]#[N+]c1ccc(-c2c(C)nn(C)c2C(=O)OCC)cc1. The van der Waals surface area contributed by atoms with Gasteiger partial charge in [-0.3, -0.25) is 4.68 Å². The Bertz CT molecular complexity index is 678. The molecular formula is C15H15N3O2. The largest absolute Gasteiger partial charge is 0.461 e. The molecule has 0 spiro atoms. The molecule has 0 saturated carbocycles. The Labute approximate surface area is 117 Å². The van der Waals surface area contributed by atoms with Crippen molar-refractivity contribution >= 4 is 11.7 Å². The molecule has 0 N–H and O–H groups in total. The Balaban J connectivity index is 2.55. The molecule has 0 amide bonds. The number of nitrogens with zero attached hydrogens (tertiary/aromatic N) is 3. The fraction of sp³-hybridized carbons (Fsp3) is 0.267. The molecule has 0 aliphatic rings. The highest BCUT2D eigenvalue weighted by Gasteiger charge is 2.22. The predicted molar refractivity (Wildman–Crippen MR) is 75.6 cm³/mol. The summed E-state index contributed by atoms with van der Waals surface area (Å²) in [7, 11) is 1.72. The predicted octanol–water partition coefficient (Wildman–Crippen LogP) is 3.12. The first-order valence-electron chi connectivity index (χ1n) is 6.27. The first-order chi connectivity index (χ1) is 9.58. The number of carbonyl (C=O) groups is 1. The summed E-state index contributed by atoms with van der Waals surface area (Å²) in [5.41, 5.74) is 3.35. The third-order valence-electron chi connectivity index (χ3n) is 2.98. The lowest BCUT2D eigenvalue weighted by atomic mass is 10.0. The number of aromatic nitrogens is 2. The zero-order chi connectivity index (χ0) is 14.7. The Morgan fingerprint density at radius 2 is 2.05 bits per heavy atom. The number of carbonyl (C=O) groups excluding carboxylic acids is 1. The first kappa shape index (κ1) is 13.8. The molecule has 5 nitrogen and oxygen atoms in total. The molecule has 2 rings (SSSR count). The van der Waals surface area contributed by atoms with Gasteiger partial charge in [-0.05, 0) is 19.4 Å². The lowest BCUT2D eigenvalue weighted by Crippen LogP contribution is -2.11. The third-order valence-corrected chi connectivity index (χ3v) is 2.98. The summed E-state index contributed by atoms with van der Waals surface area (Å²) in [5.74, 6) is -0.389. The van der Waals surface area contributed by atoms with E-state index in [0.717, 1.165) is 16.8 Å². The third kappa shape index (κ3) is 2.41. The van der Waals surface area contributed by atoms with Crippen molar-refractivity contribution in [2.45, 2.75) is 13.8 Å². The molecule has 0 atom stereocenters. The number of benzene rings is 1. The Morgan fingerprint density at radius 3 is 2.60 bits per heavy atom. The van der Waals surface area contributed by atoms with E-state index in [4.69, 9.17) is 11.3 Å². The molecule has 0 aliphatic heterocycles. The van der Waals surface area contributed by atoms with E-state index >= 15 is 0 Å². The van der Waals surface area contributed by atoms with Gasteiger partial charge in [0.15, 0.2) is 11.4 Å². The topological polar surface area (TPSA) is 48.5 Å². The van der Waals surface area contributed by atoms with Gasteiger partial charge >= 0.3 is 5.97 Å². The van der Waals surface area contributed by atoms with Crippen molar-refractivity contribution in [3.63, 3.8) is 0 Å². The monoisotopic (exact) mass is 269 g/mol. The summed E-state index contributed by atoms with van der Waals surface area (Å²) in [4.78, 5) is 15.4. The molecule has 102 valence electrons. The van der Waals surface area contributed by atoms with Crippen molar-refractivity contribution in [1.29, 1.82) is 0 Å². The molecule has 0 aliphatic carbocycles. The zero-order valence-electron chi connectivity index (χ0n) is 11.7. The highest BCUT2D eigenvalue weighted by atomic mass is 16.5. The second-order valence-corrected chi connectivity index (χ2v) is 4.31. The van der Waals surface area contributed by atoms with E-state index in [0.29, 0.717) is 18.0 Å². The minimum atomic E-state index is -0.389. The average molecular weight is 269 g/mol. The van der Waals surface area contributed by atoms with E-state index in [1.165, 1.54) is 4.68 Å². The van der Waals surface area contributed by atoms with Gasteiger partial charge in [0.05, 0.1) is 18.9 Å². The molecule has 5 heteroatoms. The van der Waals surface area contributed by atoms with Crippen molar-refractivity contribution in [2.24, 2.45) is 7.05 Å². The molecule has 1 heterocycles. The Kier molecular flexibility index (Phi) is 3.85. The number of aryl methyl sites for hydroxylation is 2. The van der Waals surface area contributed by atoms with Crippen LogP contribution in [0.15, 0.2) is 24.3 Å². The maximum Gasteiger partial charge on any atom is 0.357 e. The minimum Gasteiger partial charge on any atom is -0.461 e. The van der Waals surface area contributed by atoms with Gasteiger partial charge in [0.1, 0.15) is 0 Å². The van der Waals surface area contributed by atoms with Crippen LogP contribution in [0.1, 0.15) is 23.1 Å². The number of hydrogen-bond donors (Lipinski definition) is 0. The summed E-state index contributed by atoms with van der Waals surface area (Å²) >= 11 is 0. The fourth-order valence-corrected chi connectivity index (χ4v) is 2.14. The number of ether oxygens (including phenoxy) is 1. The van der Waals surface area contributed by atoms with Crippen LogP contribution in [0, 0.1) is 13.5 Å². The van der Waals surface area contributed by atoms with Crippen LogP contribution in [0.5, 0.6) is 0 Å². The maximum atomic E-state index is 12.1. The standard InChI is InChI=1S/C15H15N3O2/c1-5-20-15(19)14-13(10(2)17-18(14)4)11-6-8-12(16-3)9-7-11/h6-9H,5H2,1-2,4H3. The Morgan fingerprint density at radius 1 is 1.40 bits per heavy atom. The van der Waals surface area contributed by atoms with Gasteiger partial charge in [-0.1, -0.05) is 24.3 Å². The molecule has 0 radical (unpaired) electrons. The van der Waals surface area contributed by atoms with Crippen LogP contribution in [-0.2, 0) is 11.8 Å². The lowest BCUT2D eigenvalue weighted by molar-refractivity contribution is 0.0514. The van der Waals surface area contributed by atoms with Gasteiger partial charge in [0.2, 0.25) is 0 Å². The van der Waals surface area contributed by atoms with Crippen molar-refractivity contribution in [3.05, 3.63) is 47.1 Å². The van der Waals surface area contributed by atoms with Crippen LogP contribution >= 0.6 is 0 Å². The van der Waals surface area contributed by atoms with Crippen molar-refractivity contribution < 1.29 is 9.53 Å². The molecule has 0 saturated heterocycles. The zero-order valence-corrected chi connectivity index (χ0v) is 11.7. The molecule has 2 aromatic rings. The fourth-order valence-electron chi connectivity index (χ4n) is 2.14. The van der Waals surface area contributed by atoms with Gasteiger partial charge in [0.25, 0.3) is 0 Å². The van der Waals surface area contributed by atoms with E-state index in [2.05, 4.69) is 9.94 Å². The second-order valence-electron chi connectivity index (χ2n) is 4.31. The molecule has 0 bridgehead atoms. The molecule has 20 heavy (non-hydrogen) atoms. The summed E-state index contributed by atoms with van der Waals surface area (Å²) < 4.78 is 6.61. The highest BCUT2D eigenvalue weighted by molar-refractivity contribution is 5.96. The average Bonchev–Trinajstić information content (AvgIpc) is 2.74. The second kappa shape index (κ2) is 5.57. The normalized spacial score (nSPS) is 10.1. The van der Waals surface area contributed by atoms with Crippen LogP contribution in [0.2, 0.25) is 0 Å². The van der Waals surface area contributed by atoms with Gasteiger partial charge in [0, 0.05) is 12.6 Å². The van der Waals surface area contributed by atoms with E-state index in [-0.39, 0.29) is 5.97 Å². The van der Waals surface area contributed by atoms with Crippen LogP contribution in [-0.4, -0.2) is 22.4 Å². The smallest absolute Gasteiger partial charge is 0.357 e. The summed E-state index contributed by atoms with van der Waals surface area (Å²) in [6.45, 7) is 10.9. The Hall–Kier alpha value is -2.61. The lowest BCUT2D eigenvalue weighted by Gasteiger charge is -2.06. The van der Waals surface area contributed by atoms with Crippen LogP contribution < -0.4 is 0 Å². The molecule has 0 fully saturated rings. The highest BCUT2D eigenvalue weighted by Crippen LogP contribution is 2.29. The summed E-state index contributed by atoms with van der Waals surface area (Å²) in [6.07, 6.45) is 0. The molecule has 0 unspecified atom stereocenters. The van der Waals surface area contributed by atoms with Crippen molar-refractivity contribution in [1.82, 2.24) is 9.78 Å². The molecule has 1 aromatic heterocycles. The number of hydrogen-bond acceptors (Lipinski definition) is 3. The van der Waals surface area contributed by atoms with Crippen molar-refractivity contribution in [3.8, 4) is 11.1 Å². The van der Waals surface area contributed by atoms with E-state index in [9.17, 15) is 4.79 Å². The first-order valence-corrected chi connectivity index (χ1v) is 6.27. The van der Waals surface area contributed by atoms with Crippen molar-refractivity contribution in [2.75, 3.05) is 6.61 Å². The molecule has 1 aromatic carbocycles. The van der Waals surface area contributed by atoms with Crippen LogP contribution in [0.25, 0.3) is 16.0 Å². The van der Waals surface area contributed by atoms with Gasteiger partial charge in [-0.15, -0.1) is 0 Å². The van der Waals surface area contributed by atoms with E-state index in [1.54, 1.807) is 26.1 Å². The van der Waals surface area contributed by atoms with Gasteiger partial charge in [-0.25, -0.2) is 9.64 Å². The minimum absolute atomic E-state index is 0.319. The summed E-state index contributed by atoms with van der Waals surface area (Å²) in [6, 6.07) is 7.09. The number of esters is 1. The van der Waals surface area contributed by atoms with Crippen LogP contribution in [0.3, 0.4) is 0 Å². The van der Waals surface area contributed by atoms with Gasteiger partial charge < -0.3 is 4.74 Å². The van der Waals surface area contributed by atoms with E-state index in [1.807, 2.05) is 19.1 Å². The number of rotatable bonds is 3. The van der Waals surface area contributed by atoms with Crippen LogP contribution in [0.4, 0.5) is 5.69 Å². The van der Waals surface area contributed by atoms with E-state index < -0.39 is 0 Å².